The van der Waals surface area contributed by atoms with E-state index in [9.17, 15) is 4.79 Å². The molecule has 1 atom stereocenters. The Balaban J connectivity index is 1.41. The predicted octanol–water partition coefficient (Wildman–Crippen LogP) is 4.70. The van der Waals surface area contributed by atoms with Gasteiger partial charge in [0.2, 0.25) is 11.8 Å². The van der Waals surface area contributed by atoms with Gasteiger partial charge in [0.15, 0.2) is 11.5 Å². The van der Waals surface area contributed by atoms with Gasteiger partial charge in [0, 0.05) is 44.8 Å². The van der Waals surface area contributed by atoms with E-state index in [1.54, 1.807) is 39.4 Å². The Morgan fingerprint density at radius 2 is 2.03 bits per heavy atom. The number of hydrogen-bond donors (Lipinski definition) is 2. The summed E-state index contributed by atoms with van der Waals surface area (Å²) < 4.78 is 23.2. The second-order valence-corrected chi connectivity index (χ2v) is 9.54. The van der Waals surface area contributed by atoms with Crippen LogP contribution in [0.1, 0.15) is 22.7 Å². The van der Waals surface area contributed by atoms with Gasteiger partial charge < -0.3 is 33.8 Å². The van der Waals surface area contributed by atoms with E-state index < -0.39 is 0 Å². The predicted molar refractivity (Wildman–Crippen MR) is 146 cm³/mol. The fraction of sp³-hybridized carbons (Fsp3) is 0.286. The lowest BCUT2D eigenvalue weighted by Gasteiger charge is -2.16. The number of rotatable bonds is 7. The largest absolute Gasteiger partial charge is 0.495 e. The van der Waals surface area contributed by atoms with Crippen molar-refractivity contribution in [2.24, 2.45) is 0 Å². The van der Waals surface area contributed by atoms with Crippen LogP contribution in [0.3, 0.4) is 0 Å². The number of ether oxygens (including phenoxy) is 3. The van der Waals surface area contributed by atoms with Crippen LogP contribution in [0, 0.1) is 6.92 Å². The summed E-state index contributed by atoms with van der Waals surface area (Å²) in [6.07, 6.45) is 2.53. The van der Waals surface area contributed by atoms with Gasteiger partial charge in [0.05, 0.1) is 31.4 Å². The third kappa shape index (κ3) is 4.72. The maximum atomic E-state index is 12.4. The number of nitrogens with zero attached hydrogens (tertiary/aromatic N) is 4. The molecule has 0 unspecified atom stereocenters. The molecule has 0 bridgehead atoms. The molecule has 0 aliphatic carbocycles. The fourth-order valence-corrected chi connectivity index (χ4v) is 4.65. The number of nitrogens with one attached hydrogen (secondary N) is 2. The van der Waals surface area contributed by atoms with Crippen molar-refractivity contribution in [1.82, 2.24) is 24.8 Å². The van der Waals surface area contributed by atoms with E-state index in [0.29, 0.717) is 59.2 Å². The van der Waals surface area contributed by atoms with Crippen LogP contribution in [0.25, 0.3) is 33.3 Å². The van der Waals surface area contributed by atoms with Crippen molar-refractivity contribution in [3.63, 3.8) is 0 Å². The molecular weight excluding hydrogens is 500 g/mol. The highest BCUT2D eigenvalue weighted by atomic mass is 16.5. The summed E-state index contributed by atoms with van der Waals surface area (Å²) in [6.45, 7) is 2.96. The first-order chi connectivity index (χ1) is 18.9. The van der Waals surface area contributed by atoms with Crippen molar-refractivity contribution in [3.8, 4) is 22.8 Å². The molecule has 1 fully saturated rings. The summed E-state index contributed by atoms with van der Waals surface area (Å²) in [5.74, 6) is 1.72. The van der Waals surface area contributed by atoms with Crippen molar-refractivity contribution in [2.45, 2.75) is 19.4 Å². The molecule has 4 heterocycles. The molecule has 2 N–H and O–H groups in total. The van der Waals surface area contributed by atoms with Crippen LogP contribution in [0.5, 0.6) is 11.6 Å². The summed E-state index contributed by atoms with van der Waals surface area (Å²) in [6, 6.07) is 11.1. The molecule has 0 radical (unpaired) electrons. The number of oxazole rings is 1. The molecule has 2 aromatic carbocycles. The highest BCUT2D eigenvalue weighted by molar-refractivity contribution is 5.99. The number of carbonyl (C=O) groups is 1. The first-order valence-corrected chi connectivity index (χ1v) is 12.6. The first-order valence-electron chi connectivity index (χ1n) is 12.6. The average molecular weight is 529 g/mol. The smallest absolute Gasteiger partial charge is 0.253 e. The minimum atomic E-state index is -0.121. The van der Waals surface area contributed by atoms with Gasteiger partial charge in [-0.1, -0.05) is 6.07 Å². The van der Waals surface area contributed by atoms with E-state index in [2.05, 4.69) is 15.3 Å². The Bertz CT molecular complexity index is 1690. The minimum Gasteiger partial charge on any atom is -0.495 e. The number of hydrogen-bond acceptors (Lipinski definition) is 9. The summed E-state index contributed by atoms with van der Waals surface area (Å²) in [4.78, 5) is 31.1. The molecule has 11 heteroatoms. The van der Waals surface area contributed by atoms with Gasteiger partial charge in [-0.05, 0) is 35.9 Å². The van der Waals surface area contributed by atoms with E-state index in [4.69, 9.17) is 28.6 Å². The first kappa shape index (κ1) is 24.7. The molecule has 1 aliphatic heterocycles. The Labute approximate surface area is 224 Å². The van der Waals surface area contributed by atoms with Gasteiger partial charge >= 0.3 is 0 Å². The standard InChI is InChI=1S/C28H28N6O5/c1-15-30-21-7-5-16(11-23(21)38-15)19-13-29-25-24(19)26(39-18-9-10-37-14-18)33-28(32-25)31-20-8-6-17(12-22(20)36-4)27(35)34(2)3/h5-8,11-13,18H,9-10,14H2,1-4H3,(H2,29,31,32,33)/t18-/m1/s1. The van der Waals surface area contributed by atoms with Crippen molar-refractivity contribution in [3.05, 3.63) is 54.0 Å². The number of aryl methyl sites for hydroxylation is 1. The van der Waals surface area contributed by atoms with Crippen LogP contribution in [-0.4, -0.2) is 71.3 Å². The van der Waals surface area contributed by atoms with E-state index in [1.807, 2.05) is 31.3 Å². The molecule has 0 spiro atoms. The van der Waals surface area contributed by atoms with Gasteiger partial charge in [-0.15, -0.1) is 0 Å². The van der Waals surface area contributed by atoms with E-state index in [-0.39, 0.29) is 12.0 Å². The third-order valence-corrected chi connectivity index (χ3v) is 6.57. The second kappa shape index (κ2) is 9.91. The van der Waals surface area contributed by atoms with Gasteiger partial charge in [-0.25, -0.2) is 4.98 Å². The molecule has 1 aliphatic rings. The van der Waals surface area contributed by atoms with Gasteiger partial charge in [0.25, 0.3) is 5.91 Å². The maximum Gasteiger partial charge on any atom is 0.253 e. The van der Waals surface area contributed by atoms with Gasteiger partial charge in [0.1, 0.15) is 23.0 Å². The van der Waals surface area contributed by atoms with Crippen molar-refractivity contribution < 1.29 is 23.4 Å². The van der Waals surface area contributed by atoms with E-state index in [1.165, 1.54) is 4.90 Å². The van der Waals surface area contributed by atoms with Crippen LogP contribution in [0.2, 0.25) is 0 Å². The SMILES string of the molecule is COc1cc(C(=O)N(C)C)ccc1Nc1nc(O[C@@H]2CCOC2)c2c(-c3ccc4nc(C)oc4c3)c[nH]c2n1. The maximum absolute atomic E-state index is 12.4. The van der Waals surface area contributed by atoms with E-state index in [0.717, 1.165) is 28.5 Å². The Morgan fingerprint density at radius 3 is 2.79 bits per heavy atom. The number of H-pyrrole nitrogens is 1. The summed E-state index contributed by atoms with van der Waals surface area (Å²) in [5.41, 5.74) is 5.02. The number of aromatic amines is 1. The number of carbonyl (C=O) groups excluding carboxylic acids is 1. The number of benzene rings is 2. The van der Waals surface area contributed by atoms with E-state index >= 15 is 0 Å². The molecule has 6 rings (SSSR count). The summed E-state index contributed by atoms with van der Waals surface area (Å²) in [7, 11) is 4.96. The van der Waals surface area contributed by atoms with Crippen molar-refractivity contribution in [1.29, 1.82) is 0 Å². The van der Waals surface area contributed by atoms with Gasteiger partial charge in [-0.3, -0.25) is 4.79 Å². The Hall–Kier alpha value is -4.64. The summed E-state index contributed by atoms with van der Waals surface area (Å²) >= 11 is 0. The monoisotopic (exact) mass is 528 g/mol. The fourth-order valence-electron chi connectivity index (χ4n) is 4.65. The second-order valence-electron chi connectivity index (χ2n) is 9.54. The zero-order chi connectivity index (χ0) is 27.1. The molecule has 11 nitrogen and oxygen atoms in total. The van der Waals surface area contributed by atoms with Crippen molar-refractivity contribution in [2.75, 3.05) is 39.7 Å². The normalized spacial score (nSPS) is 15.1. The number of fused-ring (bicyclic) bond motifs is 2. The topological polar surface area (TPSA) is 128 Å². The Kier molecular flexibility index (Phi) is 6.27. The van der Waals surface area contributed by atoms with Crippen LogP contribution in [0.15, 0.2) is 47.0 Å². The lowest BCUT2D eigenvalue weighted by Crippen LogP contribution is -2.21. The third-order valence-electron chi connectivity index (χ3n) is 6.57. The van der Waals surface area contributed by atoms with Crippen LogP contribution in [-0.2, 0) is 4.74 Å². The van der Waals surface area contributed by atoms with Crippen molar-refractivity contribution >= 4 is 39.7 Å². The molecule has 1 amide bonds. The average Bonchev–Trinajstić information content (AvgIpc) is 3.67. The molecule has 1 saturated heterocycles. The number of anilines is 2. The highest BCUT2D eigenvalue weighted by Gasteiger charge is 2.23. The molecule has 3 aromatic heterocycles. The minimum absolute atomic E-state index is 0.121. The summed E-state index contributed by atoms with van der Waals surface area (Å²) in [5, 5.41) is 3.98. The van der Waals surface area contributed by atoms with Crippen LogP contribution in [0.4, 0.5) is 11.6 Å². The quantitative estimate of drug-likeness (QED) is 0.309. The highest BCUT2D eigenvalue weighted by Crippen LogP contribution is 2.37. The Morgan fingerprint density at radius 1 is 1.15 bits per heavy atom. The zero-order valence-corrected chi connectivity index (χ0v) is 22.1. The number of amides is 1. The van der Waals surface area contributed by atoms with Crippen LogP contribution < -0.4 is 14.8 Å². The van der Waals surface area contributed by atoms with Gasteiger partial charge in [-0.2, -0.15) is 9.97 Å². The lowest BCUT2D eigenvalue weighted by atomic mass is 10.1. The van der Waals surface area contributed by atoms with Crippen LogP contribution >= 0.6 is 0 Å². The molecule has 0 saturated carbocycles. The molecular formula is C28H28N6O5. The molecule has 39 heavy (non-hydrogen) atoms. The number of methoxy groups -OCH3 is 1. The molecule has 5 aromatic rings. The molecule has 200 valence electrons. The lowest BCUT2D eigenvalue weighted by molar-refractivity contribution is 0.0827. The zero-order valence-electron chi connectivity index (χ0n) is 22.1. The number of aromatic nitrogens is 4.